The second kappa shape index (κ2) is 8.25. The molecule has 1 aromatic carbocycles. The lowest BCUT2D eigenvalue weighted by atomic mass is 10.1. The topological polar surface area (TPSA) is 64.4 Å². The summed E-state index contributed by atoms with van der Waals surface area (Å²) in [6.07, 6.45) is 5.58. The second-order valence-corrected chi connectivity index (χ2v) is 7.64. The monoisotopic (exact) mass is 333 g/mol. The SMILES string of the molecule is C=CCN(Cc1cccc(C#N)c1)S(=O)(=O)N1CCCCCC1. The van der Waals surface area contributed by atoms with E-state index in [9.17, 15) is 8.42 Å². The molecule has 1 aliphatic heterocycles. The van der Waals surface area contributed by atoms with E-state index >= 15 is 0 Å². The van der Waals surface area contributed by atoms with Crippen molar-refractivity contribution in [3.05, 3.63) is 48.0 Å². The van der Waals surface area contributed by atoms with Crippen molar-refractivity contribution in [1.29, 1.82) is 5.26 Å². The fraction of sp³-hybridized carbons (Fsp3) is 0.471. The standard InChI is InChI=1S/C17H23N3O2S/c1-2-10-20(15-17-9-7-8-16(13-17)14-18)23(21,22)19-11-5-3-4-6-12-19/h2,7-9,13H,1,3-6,10-12,15H2. The molecule has 0 radical (unpaired) electrons. The second-order valence-electron chi connectivity index (χ2n) is 5.71. The van der Waals surface area contributed by atoms with E-state index < -0.39 is 10.2 Å². The Labute approximate surface area is 139 Å². The van der Waals surface area contributed by atoms with Gasteiger partial charge in [0.2, 0.25) is 0 Å². The number of benzene rings is 1. The van der Waals surface area contributed by atoms with Crippen molar-refractivity contribution in [2.45, 2.75) is 32.2 Å². The molecule has 0 unspecified atom stereocenters. The first-order chi connectivity index (χ1) is 11.1. The molecule has 0 amide bonds. The molecule has 0 aliphatic carbocycles. The van der Waals surface area contributed by atoms with Crippen LogP contribution in [0.3, 0.4) is 0 Å². The summed E-state index contributed by atoms with van der Waals surface area (Å²) >= 11 is 0. The zero-order valence-corrected chi connectivity index (χ0v) is 14.1. The van der Waals surface area contributed by atoms with E-state index in [4.69, 9.17) is 5.26 Å². The Morgan fingerprint density at radius 3 is 2.57 bits per heavy atom. The fourth-order valence-corrected chi connectivity index (χ4v) is 4.42. The highest BCUT2D eigenvalue weighted by Gasteiger charge is 2.29. The van der Waals surface area contributed by atoms with E-state index in [1.807, 2.05) is 6.07 Å². The Kier molecular flexibility index (Phi) is 6.34. The van der Waals surface area contributed by atoms with Crippen molar-refractivity contribution in [3.8, 4) is 6.07 Å². The minimum Gasteiger partial charge on any atom is -0.195 e. The van der Waals surface area contributed by atoms with Crippen molar-refractivity contribution in [3.63, 3.8) is 0 Å². The highest BCUT2D eigenvalue weighted by atomic mass is 32.2. The van der Waals surface area contributed by atoms with E-state index in [1.165, 1.54) is 4.31 Å². The first kappa shape index (κ1) is 17.7. The molecular weight excluding hydrogens is 310 g/mol. The minimum atomic E-state index is -3.51. The maximum Gasteiger partial charge on any atom is 0.282 e. The number of nitriles is 1. The zero-order chi connectivity index (χ0) is 16.7. The molecule has 0 atom stereocenters. The molecule has 124 valence electrons. The van der Waals surface area contributed by atoms with Crippen LogP contribution < -0.4 is 0 Å². The molecule has 1 heterocycles. The Morgan fingerprint density at radius 1 is 1.26 bits per heavy atom. The van der Waals surface area contributed by atoms with Crippen molar-refractivity contribution < 1.29 is 8.42 Å². The van der Waals surface area contributed by atoms with Crippen LogP contribution in [-0.4, -0.2) is 36.7 Å². The predicted octanol–water partition coefficient (Wildman–Crippen LogP) is 2.67. The third-order valence-corrected chi connectivity index (χ3v) is 5.91. The Balaban J connectivity index is 2.21. The molecule has 0 bridgehead atoms. The molecule has 5 nitrogen and oxygen atoms in total. The Bertz CT molecular complexity index is 671. The molecular formula is C17H23N3O2S. The van der Waals surface area contributed by atoms with E-state index in [0.29, 0.717) is 18.7 Å². The van der Waals surface area contributed by atoms with Gasteiger partial charge in [-0.25, -0.2) is 0 Å². The molecule has 0 N–H and O–H groups in total. The van der Waals surface area contributed by atoms with Crippen LogP contribution in [0.25, 0.3) is 0 Å². The average molecular weight is 333 g/mol. The summed E-state index contributed by atoms with van der Waals surface area (Å²) in [5.41, 5.74) is 1.34. The van der Waals surface area contributed by atoms with Crippen molar-refractivity contribution in [1.82, 2.24) is 8.61 Å². The molecule has 0 aromatic heterocycles. The fourth-order valence-electron chi connectivity index (χ4n) is 2.76. The van der Waals surface area contributed by atoms with Crippen molar-refractivity contribution in [2.24, 2.45) is 0 Å². The lowest BCUT2D eigenvalue weighted by Gasteiger charge is -2.28. The molecule has 2 rings (SSSR count). The zero-order valence-electron chi connectivity index (χ0n) is 13.3. The van der Waals surface area contributed by atoms with Crippen molar-refractivity contribution in [2.75, 3.05) is 19.6 Å². The van der Waals surface area contributed by atoms with E-state index in [0.717, 1.165) is 31.2 Å². The van der Waals surface area contributed by atoms with Crippen LogP contribution >= 0.6 is 0 Å². The molecule has 0 spiro atoms. The third kappa shape index (κ3) is 4.64. The number of nitrogens with zero attached hydrogens (tertiary/aromatic N) is 3. The molecule has 1 aromatic rings. The van der Waals surface area contributed by atoms with Gasteiger partial charge in [-0.05, 0) is 30.5 Å². The van der Waals surface area contributed by atoms with Gasteiger partial charge in [-0.15, -0.1) is 6.58 Å². The van der Waals surface area contributed by atoms with Gasteiger partial charge in [0.15, 0.2) is 0 Å². The predicted molar refractivity (Wildman–Crippen MR) is 90.7 cm³/mol. The largest absolute Gasteiger partial charge is 0.282 e. The quantitative estimate of drug-likeness (QED) is 0.752. The van der Waals surface area contributed by atoms with Crippen LogP contribution in [0.15, 0.2) is 36.9 Å². The van der Waals surface area contributed by atoms with Gasteiger partial charge >= 0.3 is 0 Å². The van der Waals surface area contributed by atoms with Crippen LogP contribution in [0.1, 0.15) is 36.8 Å². The van der Waals surface area contributed by atoms with Gasteiger partial charge in [0.05, 0.1) is 11.6 Å². The maximum absolute atomic E-state index is 12.9. The first-order valence-corrected chi connectivity index (χ1v) is 9.33. The molecule has 0 saturated carbocycles. The summed E-state index contributed by atoms with van der Waals surface area (Å²) in [7, 11) is -3.51. The Hall–Kier alpha value is -1.68. The van der Waals surface area contributed by atoms with Crippen LogP contribution in [-0.2, 0) is 16.8 Å². The van der Waals surface area contributed by atoms with Gasteiger partial charge in [-0.1, -0.05) is 31.1 Å². The van der Waals surface area contributed by atoms with Crippen LogP contribution in [0.2, 0.25) is 0 Å². The Morgan fingerprint density at radius 2 is 1.96 bits per heavy atom. The van der Waals surface area contributed by atoms with Crippen LogP contribution in [0.5, 0.6) is 0 Å². The molecule has 1 saturated heterocycles. The molecule has 23 heavy (non-hydrogen) atoms. The van der Waals surface area contributed by atoms with Crippen LogP contribution in [0.4, 0.5) is 0 Å². The van der Waals surface area contributed by atoms with Crippen molar-refractivity contribution >= 4 is 10.2 Å². The molecule has 6 heteroatoms. The summed E-state index contributed by atoms with van der Waals surface area (Å²) < 4.78 is 28.9. The summed E-state index contributed by atoms with van der Waals surface area (Å²) in [4.78, 5) is 0. The smallest absolute Gasteiger partial charge is 0.195 e. The molecule has 1 aliphatic rings. The summed E-state index contributed by atoms with van der Waals surface area (Å²) in [6.45, 7) is 5.34. The van der Waals surface area contributed by atoms with Gasteiger partial charge < -0.3 is 0 Å². The maximum atomic E-state index is 12.9. The number of rotatable bonds is 6. The van der Waals surface area contributed by atoms with Gasteiger partial charge in [-0.2, -0.15) is 22.3 Å². The lowest BCUT2D eigenvalue weighted by Crippen LogP contribution is -2.44. The highest BCUT2D eigenvalue weighted by Crippen LogP contribution is 2.19. The van der Waals surface area contributed by atoms with Gasteiger partial charge in [0.1, 0.15) is 0 Å². The highest BCUT2D eigenvalue weighted by molar-refractivity contribution is 7.86. The van der Waals surface area contributed by atoms with Crippen LogP contribution in [0, 0.1) is 11.3 Å². The van der Waals surface area contributed by atoms with Gasteiger partial charge in [0, 0.05) is 26.2 Å². The summed E-state index contributed by atoms with van der Waals surface area (Å²) in [6, 6.07) is 9.15. The minimum absolute atomic E-state index is 0.250. The van der Waals surface area contributed by atoms with Gasteiger partial charge in [0.25, 0.3) is 10.2 Å². The average Bonchev–Trinajstić information content (AvgIpc) is 2.84. The third-order valence-electron chi connectivity index (χ3n) is 3.97. The molecule has 1 fully saturated rings. The van der Waals surface area contributed by atoms with Gasteiger partial charge in [-0.3, -0.25) is 0 Å². The summed E-state index contributed by atoms with van der Waals surface area (Å²) in [5, 5.41) is 8.99. The van der Waals surface area contributed by atoms with E-state index in [2.05, 4.69) is 12.6 Å². The number of hydrogen-bond donors (Lipinski definition) is 0. The normalized spacial score (nSPS) is 16.7. The number of hydrogen-bond acceptors (Lipinski definition) is 3. The van der Waals surface area contributed by atoms with E-state index in [1.54, 1.807) is 28.6 Å². The first-order valence-electron chi connectivity index (χ1n) is 7.93. The lowest BCUT2D eigenvalue weighted by molar-refractivity contribution is 0.350. The summed E-state index contributed by atoms with van der Waals surface area (Å²) in [5.74, 6) is 0. The van der Waals surface area contributed by atoms with E-state index in [-0.39, 0.29) is 13.1 Å².